The lowest BCUT2D eigenvalue weighted by Gasteiger charge is -2.23. The molecule has 2 unspecified atom stereocenters. The molecule has 1 aliphatic heterocycles. The molecule has 4 heteroatoms. The van der Waals surface area contributed by atoms with Gasteiger partial charge in [-0.3, -0.25) is 4.79 Å². The van der Waals surface area contributed by atoms with Crippen LogP contribution in [0.1, 0.15) is 18.9 Å². The third kappa shape index (κ3) is 3.15. The second-order valence-corrected chi connectivity index (χ2v) is 5.05. The number of nitrogens with two attached hydrogens (primary N) is 1. The highest BCUT2D eigenvalue weighted by Crippen LogP contribution is 2.23. The standard InChI is InChI=1S/C15H20N2O2/c1-11-7-8-17(14(11)10-18)15(19)6-5-12-3-2-4-13(16)9-12/h2-6,9,11,14,18H,7-8,10,16H2,1H3/b6-5+. The number of aliphatic hydroxyl groups excluding tert-OH is 1. The van der Waals surface area contributed by atoms with E-state index in [2.05, 4.69) is 6.92 Å². The number of aliphatic hydroxyl groups is 1. The van der Waals surface area contributed by atoms with Crippen LogP contribution in [-0.4, -0.2) is 35.1 Å². The van der Waals surface area contributed by atoms with Crippen LogP contribution in [0.5, 0.6) is 0 Å². The number of anilines is 1. The maximum Gasteiger partial charge on any atom is 0.246 e. The molecule has 4 nitrogen and oxygen atoms in total. The highest BCUT2D eigenvalue weighted by atomic mass is 16.3. The van der Waals surface area contributed by atoms with Crippen LogP contribution in [0.3, 0.4) is 0 Å². The van der Waals surface area contributed by atoms with Crippen molar-refractivity contribution in [3.63, 3.8) is 0 Å². The minimum atomic E-state index is -0.0574. The summed E-state index contributed by atoms with van der Waals surface area (Å²) in [6.07, 6.45) is 4.26. The Balaban J connectivity index is 2.05. The van der Waals surface area contributed by atoms with E-state index in [1.54, 1.807) is 17.1 Å². The molecule has 102 valence electrons. The first-order valence-electron chi connectivity index (χ1n) is 6.57. The van der Waals surface area contributed by atoms with Gasteiger partial charge in [0.2, 0.25) is 5.91 Å². The fourth-order valence-electron chi connectivity index (χ4n) is 2.49. The number of benzene rings is 1. The third-order valence-electron chi connectivity index (χ3n) is 3.68. The zero-order valence-corrected chi connectivity index (χ0v) is 11.1. The average molecular weight is 260 g/mol. The first-order valence-corrected chi connectivity index (χ1v) is 6.57. The molecule has 0 radical (unpaired) electrons. The van der Waals surface area contributed by atoms with Gasteiger partial charge in [-0.05, 0) is 36.1 Å². The Morgan fingerprint density at radius 3 is 3.05 bits per heavy atom. The molecule has 2 rings (SSSR count). The van der Waals surface area contributed by atoms with E-state index < -0.39 is 0 Å². The summed E-state index contributed by atoms with van der Waals surface area (Å²) in [6, 6.07) is 7.32. The van der Waals surface area contributed by atoms with Crippen molar-refractivity contribution in [2.45, 2.75) is 19.4 Å². The zero-order chi connectivity index (χ0) is 13.8. The summed E-state index contributed by atoms with van der Waals surface area (Å²) in [5.74, 6) is 0.306. The fourth-order valence-corrected chi connectivity index (χ4v) is 2.49. The predicted molar refractivity (Wildman–Crippen MR) is 76.3 cm³/mol. The monoisotopic (exact) mass is 260 g/mol. The topological polar surface area (TPSA) is 66.6 Å². The van der Waals surface area contributed by atoms with Gasteiger partial charge < -0.3 is 15.7 Å². The SMILES string of the molecule is CC1CCN(C(=O)/C=C/c2cccc(N)c2)C1CO. The first-order chi connectivity index (χ1) is 9.11. The molecule has 3 N–H and O–H groups in total. The zero-order valence-electron chi connectivity index (χ0n) is 11.1. The smallest absolute Gasteiger partial charge is 0.246 e. The van der Waals surface area contributed by atoms with Crippen LogP contribution in [0.4, 0.5) is 5.69 Å². The molecule has 1 heterocycles. The van der Waals surface area contributed by atoms with Crippen molar-refractivity contribution in [1.29, 1.82) is 0 Å². The maximum absolute atomic E-state index is 12.1. The van der Waals surface area contributed by atoms with Gasteiger partial charge in [-0.2, -0.15) is 0 Å². The highest BCUT2D eigenvalue weighted by Gasteiger charge is 2.32. The molecule has 0 saturated carbocycles. The van der Waals surface area contributed by atoms with Crippen LogP contribution >= 0.6 is 0 Å². The Morgan fingerprint density at radius 1 is 1.58 bits per heavy atom. The van der Waals surface area contributed by atoms with E-state index in [1.807, 2.05) is 24.3 Å². The number of carbonyl (C=O) groups excluding carboxylic acids is 1. The van der Waals surface area contributed by atoms with E-state index in [1.165, 1.54) is 0 Å². The molecular weight excluding hydrogens is 240 g/mol. The molecule has 1 aliphatic rings. The lowest BCUT2D eigenvalue weighted by molar-refractivity contribution is -0.127. The molecular formula is C15H20N2O2. The normalized spacial score (nSPS) is 23.2. The van der Waals surface area contributed by atoms with Gasteiger partial charge in [0, 0.05) is 18.3 Å². The Morgan fingerprint density at radius 2 is 2.37 bits per heavy atom. The number of hydrogen-bond acceptors (Lipinski definition) is 3. The van der Waals surface area contributed by atoms with Crippen molar-refractivity contribution in [1.82, 2.24) is 4.90 Å². The highest BCUT2D eigenvalue weighted by molar-refractivity contribution is 5.92. The van der Waals surface area contributed by atoms with Crippen molar-refractivity contribution >= 4 is 17.7 Å². The maximum atomic E-state index is 12.1. The van der Waals surface area contributed by atoms with E-state index in [9.17, 15) is 9.90 Å². The first kappa shape index (κ1) is 13.6. The van der Waals surface area contributed by atoms with Crippen LogP contribution in [0.2, 0.25) is 0 Å². The molecule has 1 amide bonds. The predicted octanol–water partition coefficient (Wildman–Crippen LogP) is 1.51. The lowest BCUT2D eigenvalue weighted by Crippen LogP contribution is -2.38. The molecule has 0 aromatic heterocycles. The molecule has 19 heavy (non-hydrogen) atoms. The summed E-state index contributed by atoms with van der Waals surface area (Å²) < 4.78 is 0. The van der Waals surface area contributed by atoms with Crippen LogP contribution in [-0.2, 0) is 4.79 Å². The van der Waals surface area contributed by atoms with Crippen molar-refractivity contribution in [3.8, 4) is 0 Å². The third-order valence-corrected chi connectivity index (χ3v) is 3.68. The van der Waals surface area contributed by atoms with Gasteiger partial charge >= 0.3 is 0 Å². The lowest BCUT2D eigenvalue weighted by atomic mass is 10.0. The van der Waals surface area contributed by atoms with Crippen LogP contribution in [0, 0.1) is 5.92 Å². The van der Waals surface area contributed by atoms with Gasteiger partial charge in [-0.25, -0.2) is 0 Å². The molecule has 0 bridgehead atoms. The van der Waals surface area contributed by atoms with Crippen LogP contribution in [0.15, 0.2) is 30.3 Å². The van der Waals surface area contributed by atoms with Crippen molar-refractivity contribution in [2.24, 2.45) is 5.92 Å². The number of amides is 1. The summed E-state index contributed by atoms with van der Waals surface area (Å²) in [6.45, 7) is 2.81. The second-order valence-electron chi connectivity index (χ2n) is 5.05. The van der Waals surface area contributed by atoms with E-state index in [0.29, 0.717) is 18.2 Å². The number of hydrogen-bond donors (Lipinski definition) is 2. The van der Waals surface area contributed by atoms with E-state index >= 15 is 0 Å². The minimum Gasteiger partial charge on any atom is -0.399 e. The van der Waals surface area contributed by atoms with Crippen molar-refractivity contribution in [2.75, 3.05) is 18.9 Å². The summed E-state index contributed by atoms with van der Waals surface area (Å²) in [5, 5.41) is 9.34. The van der Waals surface area contributed by atoms with E-state index in [-0.39, 0.29) is 18.6 Å². The summed E-state index contributed by atoms with van der Waals surface area (Å²) in [4.78, 5) is 13.9. The number of nitrogen functional groups attached to an aromatic ring is 1. The Bertz CT molecular complexity index is 485. The quantitative estimate of drug-likeness (QED) is 0.639. The summed E-state index contributed by atoms with van der Waals surface area (Å²) in [7, 11) is 0. The minimum absolute atomic E-state index is 0.0268. The number of likely N-dealkylation sites (tertiary alicyclic amines) is 1. The molecule has 1 saturated heterocycles. The van der Waals surface area contributed by atoms with Crippen molar-refractivity contribution in [3.05, 3.63) is 35.9 Å². The van der Waals surface area contributed by atoms with Gasteiger partial charge in [-0.1, -0.05) is 19.1 Å². The second kappa shape index (κ2) is 5.89. The molecule has 1 aromatic carbocycles. The van der Waals surface area contributed by atoms with Gasteiger partial charge in [0.1, 0.15) is 0 Å². The molecule has 1 fully saturated rings. The fraction of sp³-hybridized carbons (Fsp3) is 0.400. The molecule has 0 aliphatic carbocycles. The average Bonchev–Trinajstić information content (AvgIpc) is 2.77. The number of nitrogens with zero attached hydrogens (tertiary/aromatic N) is 1. The Labute approximate surface area is 113 Å². The van der Waals surface area contributed by atoms with Gasteiger partial charge in [0.15, 0.2) is 0 Å². The van der Waals surface area contributed by atoms with Gasteiger partial charge in [0.25, 0.3) is 0 Å². The van der Waals surface area contributed by atoms with Gasteiger partial charge in [0.05, 0.1) is 12.6 Å². The molecule has 2 atom stereocenters. The van der Waals surface area contributed by atoms with Gasteiger partial charge in [-0.15, -0.1) is 0 Å². The molecule has 0 spiro atoms. The van der Waals surface area contributed by atoms with Crippen molar-refractivity contribution < 1.29 is 9.90 Å². The van der Waals surface area contributed by atoms with E-state index in [0.717, 1.165) is 12.0 Å². The van der Waals surface area contributed by atoms with Crippen LogP contribution < -0.4 is 5.73 Å². The summed E-state index contributed by atoms with van der Waals surface area (Å²) >= 11 is 0. The van der Waals surface area contributed by atoms with Crippen LogP contribution in [0.25, 0.3) is 6.08 Å². The Kier molecular flexibility index (Phi) is 4.22. The number of carbonyl (C=O) groups is 1. The summed E-state index contributed by atoms with van der Waals surface area (Å²) in [5.41, 5.74) is 7.27. The Hall–Kier alpha value is -1.81. The number of rotatable bonds is 3. The largest absolute Gasteiger partial charge is 0.399 e. The molecule has 1 aromatic rings. The van der Waals surface area contributed by atoms with E-state index in [4.69, 9.17) is 5.73 Å².